The molecule has 0 aliphatic rings. The molecule has 0 radical (unpaired) electrons. The number of aliphatic carboxylic acids is 1. The van der Waals surface area contributed by atoms with Crippen LogP contribution in [0.25, 0.3) is 0 Å². The first-order valence-electron chi connectivity index (χ1n) is 6.17. The first-order chi connectivity index (χ1) is 9.90. The fourth-order valence-electron chi connectivity index (χ4n) is 2.05. The third-order valence-corrected chi connectivity index (χ3v) is 3.88. The second-order valence-electron chi connectivity index (χ2n) is 4.60. The van der Waals surface area contributed by atoms with Gasteiger partial charge in [-0.25, -0.2) is 4.79 Å². The van der Waals surface area contributed by atoms with Crippen molar-refractivity contribution in [2.24, 2.45) is 0 Å². The van der Waals surface area contributed by atoms with E-state index in [2.05, 4.69) is 10.3 Å². The maximum atomic E-state index is 12.2. The van der Waals surface area contributed by atoms with Crippen molar-refractivity contribution in [1.29, 1.82) is 0 Å². The number of aryl methyl sites for hydroxylation is 2. The Balaban J connectivity index is 2.33. The van der Waals surface area contributed by atoms with E-state index in [9.17, 15) is 19.5 Å². The van der Waals surface area contributed by atoms with E-state index in [1.54, 1.807) is 37.4 Å². The summed E-state index contributed by atoms with van der Waals surface area (Å²) < 4.78 is 0. The van der Waals surface area contributed by atoms with Crippen LogP contribution in [0.4, 0.5) is 0 Å². The number of aromatic nitrogens is 1. The lowest BCUT2D eigenvalue weighted by Crippen LogP contribution is -2.36. The van der Waals surface area contributed by atoms with Crippen LogP contribution in [-0.2, 0) is 4.79 Å². The highest BCUT2D eigenvalue weighted by Gasteiger charge is 2.25. The zero-order valence-electron chi connectivity index (χ0n) is 11.5. The Labute approximate surface area is 124 Å². The third kappa shape index (κ3) is 3.19. The highest BCUT2D eigenvalue weighted by Crippen LogP contribution is 2.19. The summed E-state index contributed by atoms with van der Waals surface area (Å²) in [6, 6.07) is 3.82. The van der Waals surface area contributed by atoms with Gasteiger partial charge in [0.05, 0.1) is 0 Å². The second-order valence-corrected chi connectivity index (χ2v) is 5.58. The van der Waals surface area contributed by atoms with E-state index < -0.39 is 23.5 Å². The van der Waals surface area contributed by atoms with Crippen LogP contribution < -0.4 is 10.9 Å². The van der Waals surface area contributed by atoms with Crippen LogP contribution in [0.15, 0.2) is 28.4 Å². The highest BCUT2D eigenvalue weighted by atomic mass is 32.1. The molecule has 0 fully saturated rings. The van der Waals surface area contributed by atoms with Gasteiger partial charge in [0.2, 0.25) is 0 Å². The predicted octanol–water partition coefficient (Wildman–Crippen LogP) is 1.61. The number of rotatable bonds is 4. The molecule has 2 rings (SSSR count). The van der Waals surface area contributed by atoms with Crippen molar-refractivity contribution < 1.29 is 14.7 Å². The molecular weight excluding hydrogens is 292 g/mol. The van der Waals surface area contributed by atoms with Crippen LogP contribution in [0.1, 0.15) is 32.5 Å². The maximum absolute atomic E-state index is 12.2. The molecule has 2 aromatic heterocycles. The smallest absolute Gasteiger partial charge is 0.331 e. The van der Waals surface area contributed by atoms with E-state index in [0.717, 1.165) is 0 Å². The van der Waals surface area contributed by atoms with Gasteiger partial charge in [-0.3, -0.25) is 9.59 Å². The average molecular weight is 306 g/mol. The van der Waals surface area contributed by atoms with Crippen molar-refractivity contribution >= 4 is 23.2 Å². The van der Waals surface area contributed by atoms with Crippen molar-refractivity contribution in [2.75, 3.05) is 0 Å². The first-order valence-corrected chi connectivity index (χ1v) is 7.05. The largest absolute Gasteiger partial charge is 0.479 e. The molecule has 0 aromatic carbocycles. The highest BCUT2D eigenvalue weighted by molar-refractivity contribution is 7.10. The zero-order valence-corrected chi connectivity index (χ0v) is 12.3. The molecule has 1 unspecified atom stereocenters. The number of carbonyl (C=O) groups excluding carboxylic acids is 1. The number of pyridine rings is 1. The van der Waals surface area contributed by atoms with Crippen LogP contribution >= 0.6 is 11.3 Å². The van der Waals surface area contributed by atoms with Crippen molar-refractivity contribution in [3.63, 3.8) is 0 Å². The minimum absolute atomic E-state index is 0.0663. The molecule has 1 amide bonds. The average Bonchev–Trinajstić information content (AvgIpc) is 2.87. The molecule has 7 heteroatoms. The Morgan fingerprint density at radius 2 is 2.10 bits per heavy atom. The van der Waals surface area contributed by atoms with Crippen molar-refractivity contribution in [3.8, 4) is 0 Å². The van der Waals surface area contributed by atoms with E-state index in [4.69, 9.17) is 0 Å². The minimum atomic E-state index is -1.17. The monoisotopic (exact) mass is 306 g/mol. The van der Waals surface area contributed by atoms with Crippen LogP contribution in [0.5, 0.6) is 0 Å². The summed E-state index contributed by atoms with van der Waals surface area (Å²) in [7, 11) is 0. The first kappa shape index (κ1) is 15.0. The van der Waals surface area contributed by atoms with E-state index in [1.807, 2.05) is 0 Å². The number of H-pyrrole nitrogens is 1. The number of amides is 1. The lowest BCUT2D eigenvalue weighted by Gasteiger charge is -2.13. The Kier molecular flexibility index (Phi) is 4.23. The number of carboxylic acid groups (broad SMARTS) is 1. The van der Waals surface area contributed by atoms with Gasteiger partial charge in [0, 0.05) is 10.6 Å². The number of carbonyl (C=O) groups is 2. The number of nitrogens with one attached hydrogen (secondary N) is 2. The molecule has 1 atom stereocenters. The van der Waals surface area contributed by atoms with E-state index in [1.165, 1.54) is 11.3 Å². The van der Waals surface area contributed by atoms with Crippen molar-refractivity contribution in [3.05, 3.63) is 55.6 Å². The van der Waals surface area contributed by atoms with Gasteiger partial charge in [-0.1, -0.05) is 6.07 Å². The quantitative estimate of drug-likeness (QED) is 0.799. The summed E-state index contributed by atoms with van der Waals surface area (Å²) in [6.45, 7) is 3.35. The van der Waals surface area contributed by atoms with Gasteiger partial charge in [0.25, 0.3) is 11.5 Å². The predicted molar refractivity (Wildman–Crippen MR) is 78.7 cm³/mol. The number of hydrogen-bond donors (Lipinski definition) is 3. The standard InChI is InChI=1S/C14H14N2O4S/c1-7-6-8(2)15-12(17)10(7)13(18)16-11(14(19)20)9-4-3-5-21-9/h3-6,11H,1-2H3,(H,15,17)(H,16,18)(H,19,20). The van der Waals surface area contributed by atoms with Crippen LogP contribution in [-0.4, -0.2) is 22.0 Å². The number of hydrogen-bond acceptors (Lipinski definition) is 4. The van der Waals surface area contributed by atoms with Gasteiger partial charge in [0.1, 0.15) is 5.56 Å². The molecule has 0 bridgehead atoms. The Hall–Kier alpha value is -2.41. The van der Waals surface area contributed by atoms with Gasteiger partial charge in [-0.2, -0.15) is 0 Å². The molecule has 6 nitrogen and oxygen atoms in total. The molecular formula is C14H14N2O4S. The van der Waals surface area contributed by atoms with Crippen LogP contribution in [0, 0.1) is 13.8 Å². The maximum Gasteiger partial charge on any atom is 0.331 e. The number of thiophene rings is 1. The fraction of sp³-hybridized carbons (Fsp3) is 0.214. The molecule has 2 aromatic rings. The van der Waals surface area contributed by atoms with E-state index in [0.29, 0.717) is 16.1 Å². The van der Waals surface area contributed by atoms with Crippen molar-refractivity contribution in [1.82, 2.24) is 10.3 Å². The zero-order chi connectivity index (χ0) is 15.6. The molecule has 0 spiro atoms. The lowest BCUT2D eigenvalue weighted by atomic mass is 10.1. The van der Waals surface area contributed by atoms with Gasteiger partial charge >= 0.3 is 5.97 Å². The SMILES string of the molecule is Cc1cc(C)c(C(=O)NC(C(=O)O)c2cccs2)c(=O)[nH]1. The molecule has 0 aliphatic carbocycles. The lowest BCUT2D eigenvalue weighted by molar-refractivity contribution is -0.139. The van der Waals surface area contributed by atoms with Crippen molar-refractivity contribution in [2.45, 2.75) is 19.9 Å². The molecule has 21 heavy (non-hydrogen) atoms. The van der Waals surface area contributed by atoms with Gasteiger partial charge in [-0.15, -0.1) is 11.3 Å². The van der Waals surface area contributed by atoms with Gasteiger partial charge in [0.15, 0.2) is 6.04 Å². The fourth-order valence-corrected chi connectivity index (χ4v) is 2.82. The molecule has 3 N–H and O–H groups in total. The summed E-state index contributed by atoms with van der Waals surface area (Å²) in [5.74, 6) is -1.87. The Bertz CT molecular complexity index is 734. The van der Waals surface area contributed by atoms with E-state index in [-0.39, 0.29) is 5.56 Å². The minimum Gasteiger partial charge on any atom is -0.479 e. The number of aromatic amines is 1. The summed E-state index contributed by atoms with van der Waals surface area (Å²) >= 11 is 1.23. The molecule has 0 saturated carbocycles. The Morgan fingerprint density at radius 3 is 2.62 bits per heavy atom. The number of carboxylic acids is 1. The van der Waals surface area contributed by atoms with Gasteiger partial charge in [-0.05, 0) is 36.9 Å². The molecule has 2 heterocycles. The normalized spacial score (nSPS) is 11.9. The van der Waals surface area contributed by atoms with Crippen LogP contribution in [0.2, 0.25) is 0 Å². The third-order valence-electron chi connectivity index (χ3n) is 2.94. The molecule has 110 valence electrons. The molecule has 0 saturated heterocycles. The topological polar surface area (TPSA) is 99.3 Å². The van der Waals surface area contributed by atoms with Crippen LogP contribution in [0.3, 0.4) is 0 Å². The summed E-state index contributed by atoms with van der Waals surface area (Å²) in [5, 5.41) is 13.3. The summed E-state index contributed by atoms with van der Waals surface area (Å²) in [6.07, 6.45) is 0. The Morgan fingerprint density at radius 1 is 1.38 bits per heavy atom. The second kappa shape index (κ2) is 5.92. The van der Waals surface area contributed by atoms with E-state index >= 15 is 0 Å². The molecule has 0 aliphatic heterocycles. The summed E-state index contributed by atoms with van der Waals surface area (Å²) in [5.41, 5.74) is 0.551. The summed E-state index contributed by atoms with van der Waals surface area (Å²) in [4.78, 5) is 38.4. The van der Waals surface area contributed by atoms with Gasteiger partial charge < -0.3 is 15.4 Å².